The number of hydrogen-bond acceptors (Lipinski definition) is 4. The van der Waals surface area contributed by atoms with Gasteiger partial charge in [-0.1, -0.05) is 36.4 Å². The van der Waals surface area contributed by atoms with E-state index in [9.17, 15) is 14.4 Å². The molecule has 1 fully saturated rings. The second-order valence-corrected chi connectivity index (χ2v) is 7.29. The van der Waals surface area contributed by atoms with E-state index in [4.69, 9.17) is 0 Å². The number of imide groups is 1. The number of rotatable bonds is 3. The predicted octanol–water partition coefficient (Wildman–Crippen LogP) is 2.50. The molecule has 0 radical (unpaired) electrons. The highest BCUT2D eigenvalue weighted by Gasteiger charge is 2.39. The fourth-order valence-electron chi connectivity index (χ4n) is 4.07. The van der Waals surface area contributed by atoms with Gasteiger partial charge < -0.3 is 4.90 Å². The number of nitrogens with zero attached hydrogens (tertiary/aromatic N) is 2. The molecule has 144 valence electrons. The Morgan fingerprint density at radius 2 is 1.79 bits per heavy atom. The van der Waals surface area contributed by atoms with E-state index >= 15 is 0 Å². The zero-order valence-electron chi connectivity index (χ0n) is 15.5. The van der Waals surface area contributed by atoms with Crippen molar-refractivity contribution >= 4 is 17.7 Å². The van der Waals surface area contributed by atoms with Gasteiger partial charge >= 0.3 is 0 Å². The molecule has 1 unspecified atom stereocenters. The molecular weight excluding hydrogens is 368 g/mol. The smallest absolute Gasteiger partial charge is 0.255 e. The fraction of sp³-hybridized carbons (Fsp3) is 0.182. The lowest BCUT2D eigenvalue weighted by Crippen LogP contribution is -2.52. The maximum absolute atomic E-state index is 12.9. The molecule has 2 aliphatic heterocycles. The summed E-state index contributed by atoms with van der Waals surface area (Å²) in [5.74, 6) is -0.855. The van der Waals surface area contributed by atoms with Gasteiger partial charge in [0, 0.05) is 35.9 Å². The average molecular weight is 386 g/mol. The highest BCUT2D eigenvalue weighted by molar-refractivity contribution is 6.05. The average Bonchev–Trinajstić information content (AvgIpc) is 3.34. The second-order valence-electron chi connectivity index (χ2n) is 7.29. The maximum atomic E-state index is 12.9. The monoisotopic (exact) mass is 386 g/mol. The lowest BCUT2D eigenvalue weighted by molar-refractivity contribution is -0.136. The number of nitrogens with one attached hydrogen (secondary N) is 2. The highest BCUT2D eigenvalue weighted by Crippen LogP contribution is 2.34. The van der Waals surface area contributed by atoms with Gasteiger partial charge in [-0.15, -0.1) is 0 Å². The molecule has 0 saturated carbocycles. The van der Waals surface area contributed by atoms with E-state index in [1.807, 2.05) is 48.7 Å². The molecule has 0 bridgehead atoms. The van der Waals surface area contributed by atoms with Crippen molar-refractivity contribution in [2.24, 2.45) is 0 Å². The Balaban J connectivity index is 1.47. The molecule has 1 saturated heterocycles. The first kappa shape index (κ1) is 17.4. The summed E-state index contributed by atoms with van der Waals surface area (Å²) < 4.78 is 0. The molecule has 1 aromatic heterocycles. The van der Waals surface area contributed by atoms with Crippen LogP contribution in [0.15, 0.2) is 54.7 Å². The van der Waals surface area contributed by atoms with Crippen molar-refractivity contribution < 1.29 is 14.4 Å². The van der Waals surface area contributed by atoms with Crippen molar-refractivity contribution in [3.05, 3.63) is 65.9 Å². The Hall–Kier alpha value is -3.74. The number of aromatic nitrogens is 2. The Kier molecular flexibility index (Phi) is 4.01. The predicted molar refractivity (Wildman–Crippen MR) is 106 cm³/mol. The summed E-state index contributed by atoms with van der Waals surface area (Å²) in [6.45, 7) is 0.354. The van der Waals surface area contributed by atoms with Gasteiger partial charge in [0.05, 0.1) is 5.69 Å². The molecule has 2 aromatic carbocycles. The maximum Gasteiger partial charge on any atom is 0.255 e. The molecule has 3 aromatic rings. The van der Waals surface area contributed by atoms with Gasteiger partial charge in [-0.25, -0.2) is 0 Å². The van der Waals surface area contributed by atoms with Crippen molar-refractivity contribution in [3.8, 4) is 22.4 Å². The van der Waals surface area contributed by atoms with Crippen LogP contribution in [0.2, 0.25) is 0 Å². The summed E-state index contributed by atoms with van der Waals surface area (Å²) in [6, 6.07) is 15.0. The molecule has 3 amide bonds. The van der Waals surface area contributed by atoms with E-state index < -0.39 is 11.9 Å². The van der Waals surface area contributed by atoms with E-state index in [0.29, 0.717) is 18.5 Å². The van der Waals surface area contributed by atoms with Crippen molar-refractivity contribution in [3.63, 3.8) is 0 Å². The van der Waals surface area contributed by atoms with Gasteiger partial charge in [0.2, 0.25) is 11.8 Å². The van der Waals surface area contributed by atoms with Crippen LogP contribution in [0.1, 0.15) is 28.8 Å². The van der Waals surface area contributed by atoms with E-state index in [1.54, 1.807) is 11.0 Å². The minimum absolute atomic E-state index is 0.170. The Bertz CT molecular complexity index is 1140. The first-order chi connectivity index (χ1) is 14.1. The SMILES string of the molecule is O=C1CCC(N2Cc3cc(-c4c[nH]nc4-c4ccccc4)ccc3C2=O)C(=O)N1. The van der Waals surface area contributed by atoms with Crippen molar-refractivity contribution in [2.45, 2.75) is 25.4 Å². The van der Waals surface area contributed by atoms with Gasteiger partial charge in [-0.3, -0.25) is 24.8 Å². The van der Waals surface area contributed by atoms with Crippen LogP contribution in [0.5, 0.6) is 0 Å². The van der Waals surface area contributed by atoms with Crippen molar-refractivity contribution in [1.29, 1.82) is 0 Å². The first-order valence-electron chi connectivity index (χ1n) is 9.49. The van der Waals surface area contributed by atoms with E-state index in [1.165, 1.54) is 0 Å². The highest BCUT2D eigenvalue weighted by atomic mass is 16.2. The van der Waals surface area contributed by atoms with E-state index in [2.05, 4.69) is 15.5 Å². The summed E-state index contributed by atoms with van der Waals surface area (Å²) in [5.41, 5.74) is 5.23. The van der Waals surface area contributed by atoms with E-state index in [0.717, 1.165) is 27.9 Å². The van der Waals surface area contributed by atoms with Crippen LogP contribution in [0.3, 0.4) is 0 Å². The largest absolute Gasteiger partial charge is 0.322 e. The summed E-state index contributed by atoms with van der Waals surface area (Å²) in [6.07, 6.45) is 2.45. The molecule has 2 N–H and O–H groups in total. The fourth-order valence-corrected chi connectivity index (χ4v) is 4.07. The number of aromatic amines is 1. The number of H-pyrrole nitrogens is 1. The van der Waals surface area contributed by atoms with Crippen LogP contribution < -0.4 is 5.32 Å². The zero-order chi connectivity index (χ0) is 20.0. The third-order valence-corrected chi connectivity index (χ3v) is 5.52. The van der Waals surface area contributed by atoms with Gasteiger partial charge in [-0.2, -0.15) is 5.10 Å². The van der Waals surface area contributed by atoms with Crippen LogP contribution in [0, 0.1) is 0 Å². The molecule has 0 spiro atoms. The van der Waals surface area contributed by atoms with Gasteiger partial charge in [0.25, 0.3) is 5.91 Å². The Labute approximate surface area is 166 Å². The van der Waals surface area contributed by atoms with Crippen LogP contribution in [0.4, 0.5) is 0 Å². The van der Waals surface area contributed by atoms with Crippen LogP contribution in [-0.4, -0.2) is 38.9 Å². The van der Waals surface area contributed by atoms with Crippen LogP contribution in [0.25, 0.3) is 22.4 Å². The number of amides is 3. The molecule has 7 nitrogen and oxygen atoms in total. The number of fused-ring (bicyclic) bond motifs is 1. The third kappa shape index (κ3) is 2.91. The summed E-state index contributed by atoms with van der Waals surface area (Å²) in [5, 5.41) is 9.65. The molecule has 7 heteroatoms. The number of piperidine rings is 1. The molecule has 5 rings (SSSR count). The summed E-state index contributed by atoms with van der Waals surface area (Å²) >= 11 is 0. The minimum atomic E-state index is -0.607. The van der Waals surface area contributed by atoms with Gasteiger partial charge in [-0.05, 0) is 29.7 Å². The van der Waals surface area contributed by atoms with Gasteiger partial charge in [0.1, 0.15) is 6.04 Å². The molecule has 1 atom stereocenters. The molecule has 3 heterocycles. The Morgan fingerprint density at radius 1 is 0.966 bits per heavy atom. The molecule has 2 aliphatic rings. The first-order valence-corrected chi connectivity index (χ1v) is 9.49. The number of hydrogen-bond donors (Lipinski definition) is 2. The van der Waals surface area contributed by atoms with Crippen LogP contribution >= 0.6 is 0 Å². The molecular formula is C22H18N4O3. The van der Waals surface area contributed by atoms with Crippen molar-refractivity contribution in [1.82, 2.24) is 20.4 Å². The number of carbonyl (C=O) groups excluding carboxylic acids is 3. The van der Waals surface area contributed by atoms with Crippen LogP contribution in [-0.2, 0) is 16.1 Å². The Morgan fingerprint density at radius 3 is 2.59 bits per heavy atom. The second kappa shape index (κ2) is 6.70. The molecule has 0 aliphatic carbocycles. The zero-order valence-corrected chi connectivity index (χ0v) is 15.5. The summed E-state index contributed by atoms with van der Waals surface area (Å²) in [7, 11) is 0. The quantitative estimate of drug-likeness (QED) is 0.676. The van der Waals surface area contributed by atoms with Gasteiger partial charge in [0.15, 0.2) is 0 Å². The normalized spacial score (nSPS) is 18.7. The lowest BCUT2D eigenvalue weighted by atomic mass is 9.98. The topological polar surface area (TPSA) is 95.2 Å². The molecule has 29 heavy (non-hydrogen) atoms. The van der Waals surface area contributed by atoms with E-state index in [-0.39, 0.29) is 18.2 Å². The lowest BCUT2D eigenvalue weighted by Gasteiger charge is -2.29. The standard InChI is InChI=1S/C22H18N4O3/c27-19-9-8-18(21(28)24-19)26-12-15-10-14(6-7-16(15)22(26)29)17-11-23-25-20(17)13-4-2-1-3-5-13/h1-7,10-11,18H,8-9,12H2,(H,23,25)(H,24,27,28). The van der Waals surface area contributed by atoms with Crippen molar-refractivity contribution in [2.75, 3.05) is 0 Å². The number of carbonyl (C=O) groups is 3. The third-order valence-electron chi connectivity index (χ3n) is 5.52. The minimum Gasteiger partial charge on any atom is -0.322 e. The summed E-state index contributed by atoms with van der Waals surface area (Å²) in [4.78, 5) is 38.0. The number of benzene rings is 2.